The van der Waals surface area contributed by atoms with Crippen molar-refractivity contribution in [2.24, 2.45) is 0 Å². The molecular weight excluding hydrogens is 408 g/mol. The Labute approximate surface area is 185 Å². The van der Waals surface area contributed by atoms with Crippen LogP contribution in [0.2, 0.25) is 5.04 Å². The number of benzene rings is 2. The molecule has 2 aromatic rings. The van der Waals surface area contributed by atoms with Gasteiger partial charge in [0, 0.05) is 0 Å². The van der Waals surface area contributed by atoms with Crippen LogP contribution in [-0.2, 0) is 23.4 Å². The highest BCUT2D eigenvalue weighted by atomic mass is 28.4. The number of epoxide rings is 1. The average molecular weight is 441 g/mol. The number of fused-ring (bicyclic) bond motifs is 2. The molecule has 5 rings (SSSR count). The minimum atomic E-state index is -2.63. The molecule has 5 nitrogen and oxygen atoms in total. The Kier molecular flexibility index (Phi) is 4.97. The molecule has 0 amide bonds. The Balaban J connectivity index is 1.48. The van der Waals surface area contributed by atoms with E-state index < -0.39 is 26.0 Å². The Morgan fingerprint density at radius 2 is 1.48 bits per heavy atom. The van der Waals surface area contributed by atoms with Crippen LogP contribution in [-0.4, -0.2) is 51.4 Å². The molecule has 166 valence electrons. The zero-order valence-corrected chi connectivity index (χ0v) is 20.0. The van der Waals surface area contributed by atoms with Crippen molar-refractivity contribution in [3.63, 3.8) is 0 Å². The molecule has 0 bridgehead atoms. The molecule has 4 atom stereocenters. The third-order valence-corrected chi connectivity index (χ3v) is 11.7. The van der Waals surface area contributed by atoms with E-state index in [2.05, 4.69) is 81.4 Å². The average Bonchev–Trinajstić information content (AvgIpc) is 3.41. The van der Waals surface area contributed by atoms with E-state index in [1.807, 2.05) is 13.8 Å². The topological polar surface area (TPSA) is 49.5 Å². The molecule has 0 radical (unpaired) electrons. The molecule has 2 aromatic carbocycles. The first-order valence-electron chi connectivity index (χ1n) is 11.1. The monoisotopic (exact) mass is 440 g/mol. The molecule has 0 saturated carbocycles. The summed E-state index contributed by atoms with van der Waals surface area (Å²) in [5, 5.41) is 2.43. The van der Waals surface area contributed by atoms with Gasteiger partial charge in [-0.15, -0.1) is 0 Å². The minimum absolute atomic E-state index is 0.0866. The summed E-state index contributed by atoms with van der Waals surface area (Å²) in [5.41, 5.74) is -0.468. The molecule has 1 spiro atoms. The Morgan fingerprint density at radius 3 is 1.97 bits per heavy atom. The standard InChI is InChI=1S/C25H32O5Si/c1-23(2,3)31(18-12-8-6-9-13-18,19-14-10-7-11-15-19)27-16-20-25(17-26-25)21-22(28-20)30-24(4,5)29-21/h6-15,20-22H,16-17H2,1-5H3/t20-,21-,22+,25+/m1/s1. The molecular formula is C25H32O5Si. The molecule has 6 heteroatoms. The highest BCUT2D eigenvalue weighted by Crippen LogP contribution is 2.51. The van der Waals surface area contributed by atoms with Gasteiger partial charge in [0.15, 0.2) is 17.7 Å². The van der Waals surface area contributed by atoms with Crippen LogP contribution in [0.3, 0.4) is 0 Å². The number of rotatable bonds is 5. The van der Waals surface area contributed by atoms with Crippen molar-refractivity contribution >= 4 is 18.7 Å². The lowest BCUT2D eigenvalue weighted by atomic mass is 10.0. The lowest BCUT2D eigenvalue weighted by Gasteiger charge is -2.43. The first-order valence-corrected chi connectivity index (χ1v) is 13.0. The maximum Gasteiger partial charge on any atom is 0.261 e. The highest BCUT2D eigenvalue weighted by Gasteiger charge is 2.71. The van der Waals surface area contributed by atoms with Gasteiger partial charge in [0.05, 0.1) is 13.2 Å². The Morgan fingerprint density at radius 1 is 0.935 bits per heavy atom. The zero-order chi connectivity index (χ0) is 21.9. The van der Waals surface area contributed by atoms with Gasteiger partial charge in [-0.25, -0.2) is 0 Å². The van der Waals surface area contributed by atoms with Crippen LogP contribution in [0.5, 0.6) is 0 Å². The molecule has 0 N–H and O–H groups in total. The maximum absolute atomic E-state index is 7.07. The molecule has 31 heavy (non-hydrogen) atoms. The first kappa shape index (κ1) is 21.3. The minimum Gasteiger partial charge on any atom is -0.405 e. The zero-order valence-electron chi connectivity index (χ0n) is 19.0. The molecule has 0 aromatic heterocycles. The lowest BCUT2D eigenvalue weighted by molar-refractivity contribution is -0.214. The lowest BCUT2D eigenvalue weighted by Crippen LogP contribution is -2.67. The summed E-state index contributed by atoms with van der Waals surface area (Å²) in [6.07, 6.45) is -0.847. The second-order valence-corrected chi connectivity index (χ2v) is 14.6. The van der Waals surface area contributed by atoms with Crippen LogP contribution in [0, 0.1) is 0 Å². The van der Waals surface area contributed by atoms with Gasteiger partial charge in [-0.05, 0) is 29.3 Å². The largest absolute Gasteiger partial charge is 0.405 e. The van der Waals surface area contributed by atoms with Crippen LogP contribution >= 0.6 is 0 Å². The van der Waals surface area contributed by atoms with Gasteiger partial charge in [0.2, 0.25) is 0 Å². The van der Waals surface area contributed by atoms with E-state index in [4.69, 9.17) is 23.4 Å². The van der Waals surface area contributed by atoms with Crippen LogP contribution in [0.1, 0.15) is 34.6 Å². The van der Waals surface area contributed by atoms with Crippen LogP contribution < -0.4 is 10.4 Å². The van der Waals surface area contributed by atoms with Crippen molar-refractivity contribution in [1.29, 1.82) is 0 Å². The van der Waals surface area contributed by atoms with Gasteiger partial charge < -0.3 is 23.4 Å². The quantitative estimate of drug-likeness (QED) is 0.528. The summed E-state index contributed by atoms with van der Waals surface area (Å²) < 4.78 is 31.4. The van der Waals surface area contributed by atoms with Gasteiger partial charge in [-0.2, -0.15) is 0 Å². The fraction of sp³-hybridized carbons (Fsp3) is 0.520. The summed E-state index contributed by atoms with van der Waals surface area (Å²) in [6.45, 7) is 11.7. The predicted octanol–water partition coefficient (Wildman–Crippen LogP) is 3.21. The van der Waals surface area contributed by atoms with Crippen LogP contribution in [0.15, 0.2) is 60.7 Å². The van der Waals surface area contributed by atoms with Crippen molar-refractivity contribution in [3.8, 4) is 0 Å². The van der Waals surface area contributed by atoms with E-state index in [0.29, 0.717) is 13.2 Å². The van der Waals surface area contributed by atoms with Crippen molar-refractivity contribution in [1.82, 2.24) is 0 Å². The van der Waals surface area contributed by atoms with Gasteiger partial charge in [0.1, 0.15) is 12.2 Å². The van der Waals surface area contributed by atoms with Crippen molar-refractivity contribution < 1.29 is 23.4 Å². The first-order chi connectivity index (χ1) is 14.7. The molecule has 0 aliphatic carbocycles. The van der Waals surface area contributed by atoms with E-state index in [1.54, 1.807) is 0 Å². The summed E-state index contributed by atoms with van der Waals surface area (Å²) in [7, 11) is -2.63. The summed E-state index contributed by atoms with van der Waals surface area (Å²) in [4.78, 5) is 0. The fourth-order valence-electron chi connectivity index (χ4n) is 5.20. The third kappa shape index (κ3) is 3.41. The Hall–Kier alpha value is -1.54. The van der Waals surface area contributed by atoms with Gasteiger partial charge in [-0.1, -0.05) is 81.4 Å². The number of hydrogen-bond donors (Lipinski definition) is 0. The van der Waals surface area contributed by atoms with E-state index in [-0.39, 0.29) is 17.2 Å². The number of ether oxygens (including phenoxy) is 4. The maximum atomic E-state index is 7.07. The second-order valence-electron chi connectivity index (χ2n) is 10.3. The van der Waals surface area contributed by atoms with Crippen LogP contribution in [0.25, 0.3) is 0 Å². The molecule has 0 unspecified atom stereocenters. The predicted molar refractivity (Wildman–Crippen MR) is 121 cm³/mol. The van der Waals surface area contributed by atoms with Crippen molar-refractivity contribution in [3.05, 3.63) is 60.7 Å². The Bertz CT molecular complexity index is 880. The third-order valence-electron chi connectivity index (χ3n) is 6.73. The summed E-state index contributed by atoms with van der Waals surface area (Å²) in [5.74, 6) is -0.655. The molecule has 3 aliphatic rings. The van der Waals surface area contributed by atoms with E-state index in [9.17, 15) is 0 Å². The number of hydrogen-bond acceptors (Lipinski definition) is 5. The molecule has 3 aliphatic heterocycles. The second kappa shape index (κ2) is 7.23. The molecule has 3 fully saturated rings. The fourth-order valence-corrected chi connectivity index (χ4v) is 9.75. The van der Waals surface area contributed by atoms with Gasteiger partial charge in [0.25, 0.3) is 8.32 Å². The van der Waals surface area contributed by atoms with Gasteiger partial charge in [-0.3, -0.25) is 0 Å². The van der Waals surface area contributed by atoms with Crippen LogP contribution in [0.4, 0.5) is 0 Å². The normalized spacial score (nSPS) is 31.7. The summed E-state index contributed by atoms with van der Waals surface area (Å²) in [6, 6.07) is 21.3. The van der Waals surface area contributed by atoms with E-state index >= 15 is 0 Å². The smallest absolute Gasteiger partial charge is 0.261 e. The van der Waals surface area contributed by atoms with Crippen molar-refractivity contribution in [2.45, 2.75) is 69.5 Å². The molecule has 3 saturated heterocycles. The highest BCUT2D eigenvalue weighted by molar-refractivity contribution is 6.99. The SMILES string of the molecule is CC1(C)O[C@@H]2O[C@H](CO[Si](c3ccccc3)(c3ccccc3)C(C)(C)C)[C@@]3(CO3)[C@@H]2O1. The summed E-state index contributed by atoms with van der Waals surface area (Å²) >= 11 is 0. The van der Waals surface area contributed by atoms with E-state index in [1.165, 1.54) is 10.4 Å². The molecule has 3 heterocycles. The van der Waals surface area contributed by atoms with E-state index in [0.717, 1.165) is 0 Å². The van der Waals surface area contributed by atoms with Crippen molar-refractivity contribution in [2.75, 3.05) is 13.2 Å². The van der Waals surface area contributed by atoms with Gasteiger partial charge >= 0.3 is 0 Å².